The highest BCUT2D eigenvalue weighted by atomic mass is 32.2. The van der Waals surface area contributed by atoms with Gasteiger partial charge in [-0.05, 0) is 31.5 Å². The smallest absolute Gasteiger partial charge is 0.260 e. The molecule has 0 aromatic heterocycles. The van der Waals surface area contributed by atoms with Gasteiger partial charge in [0, 0.05) is 31.2 Å². The lowest BCUT2D eigenvalue weighted by Crippen LogP contribution is -2.43. The van der Waals surface area contributed by atoms with Crippen LogP contribution in [0.1, 0.15) is 23.7 Å². The van der Waals surface area contributed by atoms with Crippen LogP contribution in [-0.2, 0) is 19.4 Å². The molecule has 2 fully saturated rings. The monoisotopic (exact) mass is 440 g/mol. The third kappa shape index (κ3) is 5.23. The molecule has 2 aliphatic rings. The molecule has 0 aliphatic carbocycles. The van der Waals surface area contributed by atoms with Crippen molar-refractivity contribution in [3.05, 3.63) is 23.8 Å². The van der Waals surface area contributed by atoms with E-state index < -0.39 is 9.84 Å². The molecule has 0 bridgehead atoms. The lowest BCUT2D eigenvalue weighted by atomic mass is 10.1. The highest BCUT2D eigenvalue weighted by Gasteiger charge is 2.34. The van der Waals surface area contributed by atoms with Crippen LogP contribution in [0.3, 0.4) is 0 Å². The second-order valence-electron chi connectivity index (χ2n) is 7.30. The zero-order valence-electron chi connectivity index (χ0n) is 17.3. The van der Waals surface area contributed by atoms with Crippen molar-refractivity contribution in [1.82, 2.24) is 9.80 Å². The molecule has 1 aromatic rings. The first kappa shape index (κ1) is 22.4. The highest BCUT2D eigenvalue weighted by Crippen LogP contribution is 2.29. The number of benzene rings is 1. The average Bonchev–Trinajstić information content (AvgIpc) is 3.12. The van der Waals surface area contributed by atoms with E-state index in [1.165, 1.54) is 7.11 Å². The summed E-state index contributed by atoms with van der Waals surface area (Å²) in [6, 6.07) is 4.44. The Bertz CT molecular complexity index is 881. The number of nitrogens with zero attached hydrogens (tertiary/aromatic N) is 2. The van der Waals surface area contributed by atoms with E-state index in [4.69, 9.17) is 14.2 Å². The molecule has 9 nitrogen and oxygen atoms in total. The fourth-order valence-electron chi connectivity index (χ4n) is 3.72. The first-order valence-electron chi connectivity index (χ1n) is 10.0. The van der Waals surface area contributed by atoms with Crippen molar-refractivity contribution in [2.75, 3.05) is 58.1 Å². The summed E-state index contributed by atoms with van der Waals surface area (Å²) in [6.07, 6.45) is 0.448. The van der Waals surface area contributed by atoms with Gasteiger partial charge in [0.2, 0.25) is 0 Å². The third-order valence-electron chi connectivity index (χ3n) is 5.38. The number of methoxy groups -OCH3 is 1. The van der Waals surface area contributed by atoms with Crippen molar-refractivity contribution in [2.45, 2.75) is 19.4 Å². The van der Waals surface area contributed by atoms with Gasteiger partial charge in [-0.2, -0.15) is 0 Å². The van der Waals surface area contributed by atoms with E-state index in [1.54, 1.807) is 28.0 Å². The zero-order chi connectivity index (χ0) is 21.7. The summed E-state index contributed by atoms with van der Waals surface area (Å²) in [4.78, 5) is 28.5. The SMILES string of the molecule is CCN(C(=O)c1ccc(OCC(=O)N2CCOCC2)c(OC)c1)[C@@H]1CCS(=O)(=O)C1. The van der Waals surface area contributed by atoms with Crippen molar-refractivity contribution < 1.29 is 32.2 Å². The van der Waals surface area contributed by atoms with E-state index in [2.05, 4.69) is 0 Å². The van der Waals surface area contributed by atoms with Crippen LogP contribution in [0.25, 0.3) is 0 Å². The van der Waals surface area contributed by atoms with Gasteiger partial charge in [-0.3, -0.25) is 9.59 Å². The normalized spacial score (nSPS) is 20.6. The Morgan fingerprint density at radius 2 is 1.97 bits per heavy atom. The van der Waals surface area contributed by atoms with Crippen LogP contribution in [-0.4, -0.2) is 94.1 Å². The third-order valence-corrected chi connectivity index (χ3v) is 7.13. The predicted octanol–water partition coefficient (Wildman–Crippen LogP) is 0.582. The largest absolute Gasteiger partial charge is 0.493 e. The minimum absolute atomic E-state index is 0.00540. The van der Waals surface area contributed by atoms with Crippen molar-refractivity contribution in [2.24, 2.45) is 0 Å². The summed E-state index contributed by atoms with van der Waals surface area (Å²) in [5, 5.41) is 0. The molecule has 2 heterocycles. The van der Waals surface area contributed by atoms with Gasteiger partial charge in [0.05, 0.1) is 31.8 Å². The minimum Gasteiger partial charge on any atom is -0.493 e. The highest BCUT2D eigenvalue weighted by molar-refractivity contribution is 7.91. The standard InChI is InChI=1S/C20H28N2O7S/c1-3-22(16-6-11-30(25,26)14-16)20(24)15-4-5-17(18(12-15)27-2)29-13-19(23)21-7-9-28-10-8-21/h4-5,12,16H,3,6-11,13-14H2,1-2H3/t16-/m1/s1. The van der Waals surface area contributed by atoms with Crippen molar-refractivity contribution >= 4 is 21.7 Å². The molecular formula is C20H28N2O7S. The van der Waals surface area contributed by atoms with Crippen molar-refractivity contribution in [1.29, 1.82) is 0 Å². The van der Waals surface area contributed by atoms with Crippen LogP contribution in [0.4, 0.5) is 0 Å². The molecule has 2 saturated heterocycles. The number of carbonyl (C=O) groups excluding carboxylic acids is 2. The molecule has 0 saturated carbocycles. The number of sulfone groups is 1. The van der Waals surface area contributed by atoms with Gasteiger partial charge in [0.1, 0.15) is 0 Å². The molecule has 0 N–H and O–H groups in total. The van der Waals surface area contributed by atoms with E-state index in [0.717, 1.165) is 0 Å². The molecule has 1 atom stereocenters. The van der Waals surface area contributed by atoms with E-state index in [1.807, 2.05) is 6.92 Å². The maximum Gasteiger partial charge on any atom is 0.260 e. The Morgan fingerprint density at radius 1 is 1.23 bits per heavy atom. The van der Waals surface area contributed by atoms with Gasteiger partial charge in [0.15, 0.2) is 27.9 Å². The molecule has 3 rings (SSSR count). The van der Waals surface area contributed by atoms with E-state index >= 15 is 0 Å². The Labute approximate surface area is 176 Å². The quantitative estimate of drug-likeness (QED) is 0.611. The predicted molar refractivity (Wildman–Crippen MR) is 110 cm³/mol. The lowest BCUT2D eigenvalue weighted by molar-refractivity contribution is -0.137. The second-order valence-corrected chi connectivity index (χ2v) is 9.52. The fraction of sp³-hybridized carbons (Fsp3) is 0.600. The van der Waals surface area contributed by atoms with E-state index in [9.17, 15) is 18.0 Å². The maximum absolute atomic E-state index is 13.0. The molecular weight excluding hydrogens is 412 g/mol. The second kappa shape index (κ2) is 9.65. The summed E-state index contributed by atoms with van der Waals surface area (Å²) in [5.74, 6) is 0.408. The Morgan fingerprint density at radius 3 is 2.57 bits per heavy atom. The summed E-state index contributed by atoms with van der Waals surface area (Å²) in [7, 11) is -1.63. The fourth-order valence-corrected chi connectivity index (χ4v) is 5.45. The van der Waals surface area contributed by atoms with Crippen LogP contribution in [0.15, 0.2) is 18.2 Å². The number of ether oxygens (including phenoxy) is 3. The zero-order valence-corrected chi connectivity index (χ0v) is 18.2. The van der Waals surface area contributed by atoms with Crippen molar-refractivity contribution in [3.8, 4) is 11.5 Å². The van der Waals surface area contributed by atoms with Crippen LogP contribution in [0, 0.1) is 0 Å². The number of hydrogen-bond donors (Lipinski definition) is 0. The molecule has 0 spiro atoms. The summed E-state index contributed by atoms with van der Waals surface area (Å²) < 4.78 is 39.8. The average molecular weight is 441 g/mol. The molecule has 1 aromatic carbocycles. The number of rotatable bonds is 7. The van der Waals surface area contributed by atoms with Crippen LogP contribution in [0.2, 0.25) is 0 Å². The summed E-state index contributed by atoms with van der Waals surface area (Å²) in [6.45, 7) is 4.21. The maximum atomic E-state index is 13.0. The first-order valence-corrected chi connectivity index (χ1v) is 11.8. The van der Waals surface area contributed by atoms with Gasteiger partial charge in [-0.15, -0.1) is 0 Å². The first-order chi connectivity index (χ1) is 14.3. The van der Waals surface area contributed by atoms with E-state index in [0.29, 0.717) is 56.3 Å². The minimum atomic E-state index is -3.09. The molecule has 2 amide bonds. The number of morpholine rings is 1. The summed E-state index contributed by atoms with van der Waals surface area (Å²) in [5.41, 5.74) is 0.379. The van der Waals surface area contributed by atoms with Gasteiger partial charge in [-0.1, -0.05) is 0 Å². The van der Waals surface area contributed by atoms with Gasteiger partial charge < -0.3 is 24.0 Å². The number of amides is 2. The molecule has 10 heteroatoms. The van der Waals surface area contributed by atoms with Gasteiger partial charge in [0.25, 0.3) is 11.8 Å². The Balaban J connectivity index is 1.68. The molecule has 0 unspecified atom stereocenters. The molecule has 30 heavy (non-hydrogen) atoms. The summed E-state index contributed by atoms with van der Waals surface area (Å²) >= 11 is 0. The number of carbonyl (C=O) groups is 2. The van der Waals surface area contributed by atoms with E-state index in [-0.39, 0.29) is 36.0 Å². The molecule has 2 aliphatic heterocycles. The number of hydrogen-bond acceptors (Lipinski definition) is 7. The van der Waals surface area contributed by atoms with Crippen LogP contribution >= 0.6 is 0 Å². The van der Waals surface area contributed by atoms with Gasteiger partial charge >= 0.3 is 0 Å². The Kier molecular flexibility index (Phi) is 7.19. The lowest BCUT2D eigenvalue weighted by Gasteiger charge is -2.27. The molecule has 0 radical (unpaired) electrons. The Hall–Kier alpha value is -2.33. The molecule has 166 valence electrons. The van der Waals surface area contributed by atoms with Crippen LogP contribution in [0.5, 0.6) is 11.5 Å². The van der Waals surface area contributed by atoms with Crippen LogP contribution < -0.4 is 9.47 Å². The van der Waals surface area contributed by atoms with Gasteiger partial charge in [-0.25, -0.2) is 8.42 Å². The van der Waals surface area contributed by atoms with Crippen molar-refractivity contribution in [3.63, 3.8) is 0 Å². The topological polar surface area (TPSA) is 102 Å².